The first kappa shape index (κ1) is 8.74. The topological polar surface area (TPSA) is 54.7 Å². The Morgan fingerprint density at radius 1 is 1.67 bits per heavy atom. The Kier molecular flexibility index (Phi) is 2.82. The number of nitrogens with two attached hydrogens (primary N) is 1. The first-order chi connectivity index (χ1) is 5.77. The van der Waals surface area contributed by atoms with Crippen LogP contribution in [0.25, 0.3) is 6.08 Å². The van der Waals surface area contributed by atoms with Gasteiger partial charge in [0.1, 0.15) is 5.82 Å². The molecule has 12 heavy (non-hydrogen) atoms. The maximum absolute atomic E-state index is 5.42. The van der Waals surface area contributed by atoms with Gasteiger partial charge in [0.25, 0.3) is 0 Å². The highest BCUT2D eigenvalue weighted by molar-refractivity contribution is 5.49. The zero-order valence-electron chi connectivity index (χ0n) is 7.17. The van der Waals surface area contributed by atoms with Gasteiger partial charge in [-0.05, 0) is 13.0 Å². The van der Waals surface area contributed by atoms with Crippen LogP contribution in [-0.2, 0) is 6.54 Å². The summed E-state index contributed by atoms with van der Waals surface area (Å²) in [5, 5.41) is 0. The van der Waals surface area contributed by atoms with Crippen molar-refractivity contribution in [3.8, 4) is 0 Å². The zero-order chi connectivity index (χ0) is 8.97. The van der Waals surface area contributed by atoms with Crippen molar-refractivity contribution in [1.29, 1.82) is 0 Å². The Morgan fingerprint density at radius 3 is 2.92 bits per heavy atom. The minimum atomic E-state index is 0.447. The van der Waals surface area contributed by atoms with E-state index in [0.29, 0.717) is 6.54 Å². The van der Waals surface area contributed by atoms with Crippen LogP contribution in [-0.4, -0.2) is 9.97 Å². The molecule has 0 aliphatic heterocycles. The van der Waals surface area contributed by atoms with Crippen molar-refractivity contribution in [2.24, 2.45) is 5.73 Å². The number of imidazole rings is 1. The molecule has 0 aliphatic rings. The van der Waals surface area contributed by atoms with Crippen LogP contribution in [0.4, 0.5) is 0 Å². The van der Waals surface area contributed by atoms with Gasteiger partial charge in [-0.25, -0.2) is 4.98 Å². The molecule has 0 bridgehead atoms. The third-order valence-corrected chi connectivity index (χ3v) is 1.55. The largest absolute Gasteiger partial charge is 0.345 e. The van der Waals surface area contributed by atoms with E-state index in [1.807, 2.05) is 19.1 Å². The number of aryl methyl sites for hydroxylation is 1. The van der Waals surface area contributed by atoms with Crippen LogP contribution in [0.5, 0.6) is 0 Å². The van der Waals surface area contributed by atoms with E-state index in [2.05, 4.69) is 16.5 Å². The summed E-state index contributed by atoms with van der Waals surface area (Å²) >= 11 is 0. The minimum absolute atomic E-state index is 0.447. The monoisotopic (exact) mass is 163 g/mol. The number of rotatable bonds is 3. The maximum atomic E-state index is 5.42. The molecule has 0 aromatic carbocycles. The molecule has 1 aromatic heterocycles. The van der Waals surface area contributed by atoms with E-state index in [1.54, 1.807) is 6.08 Å². The Labute approximate surface area is 72.0 Å². The quantitative estimate of drug-likeness (QED) is 0.661. The number of hydrogen-bond donors (Lipinski definition) is 2. The van der Waals surface area contributed by atoms with Crippen LogP contribution in [0.15, 0.2) is 18.7 Å². The van der Waals surface area contributed by atoms with Crippen LogP contribution in [0.3, 0.4) is 0 Å². The summed E-state index contributed by atoms with van der Waals surface area (Å²) in [5.74, 6) is 0.816. The number of H-pyrrole nitrogens is 1. The predicted octanol–water partition coefficient (Wildman–Crippen LogP) is 1.38. The first-order valence-corrected chi connectivity index (χ1v) is 3.82. The highest BCUT2D eigenvalue weighted by Crippen LogP contribution is 2.06. The molecule has 0 amide bonds. The van der Waals surface area contributed by atoms with Crippen LogP contribution in [0.1, 0.15) is 17.2 Å². The number of allylic oxidation sites excluding steroid dienone is 2. The van der Waals surface area contributed by atoms with Crippen molar-refractivity contribution in [1.82, 2.24) is 9.97 Å². The molecule has 0 saturated heterocycles. The van der Waals surface area contributed by atoms with E-state index >= 15 is 0 Å². The molecule has 3 nitrogen and oxygen atoms in total. The Bertz CT molecular complexity index is 297. The Hall–Kier alpha value is -1.35. The summed E-state index contributed by atoms with van der Waals surface area (Å²) in [5.41, 5.74) is 7.38. The molecule has 0 radical (unpaired) electrons. The third-order valence-electron chi connectivity index (χ3n) is 1.55. The van der Waals surface area contributed by atoms with Gasteiger partial charge in [0.2, 0.25) is 0 Å². The van der Waals surface area contributed by atoms with Crippen LogP contribution in [0.2, 0.25) is 0 Å². The molecule has 1 aromatic rings. The normalized spacial score (nSPS) is 10.8. The molecule has 0 fully saturated rings. The van der Waals surface area contributed by atoms with Gasteiger partial charge in [0.15, 0.2) is 0 Å². The van der Waals surface area contributed by atoms with Crippen molar-refractivity contribution >= 4 is 6.08 Å². The average Bonchev–Trinajstić information content (AvgIpc) is 2.43. The number of aromatic amines is 1. The highest BCUT2D eigenvalue weighted by atomic mass is 14.9. The van der Waals surface area contributed by atoms with E-state index < -0.39 is 0 Å². The van der Waals surface area contributed by atoms with E-state index in [-0.39, 0.29) is 0 Å². The van der Waals surface area contributed by atoms with Gasteiger partial charge in [-0.1, -0.05) is 18.7 Å². The second-order valence-corrected chi connectivity index (χ2v) is 2.49. The first-order valence-electron chi connectivity index (χ1n) is 3.82. The predicted molar refractivity (Wildman–Crippen MR) is 50.4 cm³/mol. The molecular formula is C9H13N3. The summed E-state index contributed by atoms with van der Waals surface area (Å²) in [6.07, 6.45) is 5.47. The molecule has 1 rings (SSSR count). The van der Waals surface area contributed by atoms with Gasteiger partial charge in [-0.3, -0.25) is 0 Å². The van der Waals surface area contributed by atoms with Gasteiger partial charge in [-0.15, -0.1) is 0 Å². The van der Waals surface area contributed by atoms with Crippen molar-refractivity contribution in [3.63, 3.8) is 0 Å². The lowest BCUT2D eigenvalue weighted by atomic mass is 10.3. The van der Waals surface area contributed by atoms with Crippen LogP contribution >= 0.6 is 0 Å². The number of aromatic nitrogens is 2. The maximum Gasteiger partial charge on any atom is 0.120 e. The number of nitrogens with one attached hydrogen (secondary N) is 1. The van der Waals surface area contributed by atoms with E-state index in [0.717, 1.165) is 17.2 Å². The van der Waals surface area contributed by atoms with Crippen LogP contribution < -0.4 is 5.73 Å². The van der Waals surface area contributed by atoms with E-state index in [1.165, 1.54) is 0 Å². The molecule has 0 aliphatic carbocycles. The second kappa shape index (κ2) is 3.88. The summed E-state index contributed by atoms with van der Waals surface area (Å²) in [7, 11) is 0. The molecule has 64 valence electrons. The lowest BCUT2D eigenvalue weighted by Crippen LogP contribution is -1.97. The second-order valence-electron chi connectivity index (χ2n) is 2.49. The molecule has 0 unspecified atom stereocenters. The lowest BCUT2D eigenvalue weighted by molar-refractivity contribution is 0.943. The van der Waals surface area contributed by atoms with Crippen LogP contribution in [0, 0.1) is 6.92 Å². The fourth-order valence-corrected chi connectivity index (χ4v) is 0.956. The number of hydrogen-bond acceptors (Lipinski definition) is 2. The number of nitrogens with zero attached hydrogens (tertiary/aromatic N) is 1. The lowest BCUT2D eigenvalue weighted by Gasteiger charge is -1.83. The van der Waals surface area contributed by atoms with Crippen molar-refractivity contribution < 1.29 is 0 Å². The summed E-state index contributed by atoms with van der Waals surface area (Å²) in [6.45, 7) is 6.00. The molecule has 0 spiro atoms. The average molecular weight is 163 g/mol. The minimum Gasteiger partial charge on any atom is -0.345 e. The van der Waals surface area contributed by atoms with Crippen molar-refractivity contribution in [3.05, 3.63) is 35.9 Å². The van der Waals surface area contributed by atoms with Gasteiger partial charge >= 0.3 is 0 Å². The van der Waals surface area contributed by atoms with E-state index in [9.17, 15) is 0 Å². The fourth-order valence-electron chi connectivity index (χ4n) is 0.956. The Balaban J connectivity index is 2.91. The molecule has 3 heteroatoms. The smallest absolute Gasteiger partial charge is 0.120 e. The standard InChI is InChI=1S/C9H13N3/c1-3-4-5-8-7(2)11-9(6-10)12-8/h3-5H,1,6,10H2,2H3,(H,11,12)/b5-4-. The zero-order valence-corrected chi connectivity index (χ0v) is 7.17. The fraction of sp³-hybridized carbons (Fsp3) is 0.222. The summed E-state index contributed by atoms with van der Waals surface area (Å²) in [4.78, 5) is 7.33. The molecule has 1 heterocycles. The molecule has 0 atom stereocenters. The van der Waals surface area contributed by atoms with Gasteiger partial charge < -0.3 is 10.7 Å². The van der Waals surface area contributed by atoms with Gasteiger partial charge in [-0.2, -0.15) is 0 Å². The summed E-state index contributed by atoms with van der Waals surface area (Å²) in [6, 6.07) is 0. The molecule has 3 N–H and O–H groups in total. The third kappa shape index (κ3) is 1.83. The van der Waals surface area contributed by atoms with Crippen molar-refractivity contribution in [2.45, 2.75) is 13.5 Å². The summed E-state index contributed by atoms with van der Waals surface area (Å²) < 4.78 is 0. The van der Waals surface area contributed by atoms with Crippen molar-refractivity contribution in [2.75, 3.05) is 0 Å². The molecule has 0 saturated carbocycles. The van der Waals surface area contributed by atoms with Gasteiger partial charge in [0, 0.05) is 5.69 Å². The SMILES string of the molecule is C=C/C=C\c1nc(CN)[nH]c1C. The van der Waals surface area contributed by atoms with E-state index in [4.69, 9.17) is 5.73 Å². The molecular weight excluding hydrogens is 150 g/mol. The Morgan fingerprint density at radius 2 is 2.42 bits per heavy atom. The van der Waals surface area contributed by atoms with Gasteiger partial charge in [0.05, 0.1) is 12.2 Å². The highest BCUT2D eigenvalue weighted by Gasteiger charge is 2.00.